The van der Waals surface area contributed by atoms with Crippen LogP contribution in [-0.4, -0.2) is 29.6 Å². The molecule has 0 aliphatic carbocycles. The summed E-state index contributed by atoms with van der Waals surface area (Å²) < 4.78 is 5.10. The molecule has 26 heavy (non-hydrogen) atoms. The summed E-state index contributed by atoms with van der Waals surface area (Å²) in [5.41, 5.74) is 1.83. The van der Waals surface area contributed by atoms with E-state index < -0.39 is 0 Å². The molecular weight excluding hydrogens is 393 g/mol. The number of methoxy groups -OCH3 is 1. The number of carbonyl (C=O) groups excluding carboxylic acids is 1. The van der Waals surface area contributed by atoms with Crippen LogP contribution in [0.4, 0.5) is 0 Å². The van der Waals surface area contributed by atoms with Crippen molar-refractivity contribution < 1.29 is 9.53 Å². The lowest BCUT2D eigenvalue weighted by Gasteiger charge is -2.06. The van der Waals surface area contributed by atoms with Crippen LogP contribution in [0.25, 0.3) is 0 Å². The number of nitrogens with one attached hydrogen (secondary N) is 1. The molecule has 2 aromatic rings. The third-order valence-corrected chi connectivity index (χ3v) is 5.46. The number of thioether (sulfide) groups is 1. The van der Waals surface area contributed by atoms with Gasteiger partial charge < -0.3 is 10.1 Å². The molecule has 1 N–H and O–H groups in total. The van der Waals surface area contributed by atoms with Crippen LogP contribution in [0.2, 0.25) is 10.0 Å². The Hall–Kier alpha value is -2.02. The highest BCUT2D eigenvalue weighted by Crippen LogP contribution is 2.27. The van der Waals surface area contributed by atoms with Gasteiger partial charge in [0.25, 0.3) is 0 Å². The first-order valence-corrected chi connectivity index (χ1v) is 9.35. The average Bonchev–Trinajstić information content (AvgIpc) is 2.98. The maximum Gasteiger partial charge on any atom is 0.239 e. The number of hydrogen-bond acceptors (Lipinski definition) is 5. The average molecular weight is 408 g/mol. The third kappa shape index (κ3) is 4.78. The molecule has 1 heterocycles. The summed E-state index contributed by atoms with van der Waals surface area (Å²) in [7, 11) is 1.61. The molecule has 0 unspecified atom stereocenters. The molecule has 8 heteroatoms. The highest BCUT2D eigenvalue weighted by atomic mass is 35.5. The maximum atomic E-state index is 12.1. The lowest BCUT2D eigenvalue weighted by Crippen LogP contribution is -2.25. The van der Waals surface area contributed by atoms with Crippen LogP contribution >= 0.6 is 35.0 Å². The van der Waals surface area contributed by atoms with E-state index in [2.05, 4.69) is 15.5 Å². The van der Waals surface area contributed by atoms with Gasteiger partial charge in [0.05, 0.1) is 28.6 Å². The Labute approximate surface area is 165 Å². The Morgan fingerprint density at radius 1 is 1.19 bits per heavy atom. The summed E-state index contributed by atoms with van der Waals surface area (Å²) in [6.45, 7) is 0. The summed E-state index contributed by atoms with van der Waals surface area (Å²) >= 11 is 13.3. The van der Waals surface area contributed by atoms with Gasteiger partial charge in [-0.1, -0.05) is 41.0 Å². The van der Waals surface area contributed by atoms with Crippen molar-refractivity contribution in [1.29, 1.82) is 0 Å². The van der Waals surface area contributed by atoms with Crippen molar-refractivity contribution in [2.75, 3.05) is 7.11 Å². The summed E-state index contributed by atoms with van der Waals surface area (Å²) in [5.74, 6) is 0.677. The quantitative estimate of drug-likeness (QED) is 0.597. The molecule has 3 rings (SSSR count). The number of amidine groups is 1. The van der Waals surface area contributed by atoms with E-state index in [4.69, 9.17) is 27.9 Å². The molecule has 134 valence electrons. The fraction of sp³-hybridized carbons (Fsp3) is 0.167. The first-order valence-electron chi connectivity index (χ1n) is 7.71. The molecule has 0 radical (unpaired) electrons. The number of halogens is 2. The Morgan fingerprint density at radius 2 is 1.96 bits per heavy atom. The van der Waals surface area contributed by atoms with Gasteiger partial charge in [-0.25, -0.2) is 0 Å². The Morgan fingerprint density at radius 3 is 2.65 bits per heavy atom. The molecule has 1 atom stereocenters. The van der Waals surface area contributed by atoms with Crippen molar-refractivity contribution in [3.63, 3.8) is 0 Å². The van der Waals surface area contributed by atoms with Crippen LogP contribution < -0.4 is 10.1 Å². The predicted molar refractivity (Wildman–Crippen MR) is 108 cm³/mol. The minimum Gasteiger partial charge on any atom is -0.497 e. The first kappa shape index (κ1) is 18.8. The Bertz CT molecular complexity index is 869. The number of amides is 1. The van der Waals surface area contributed by atoms with E-state index in [9.17, 15) is 4.79 Å². The smallest absolute Gasteiger partial charge is 0.239 e. The second-order valence-electron chi connectivity index (χ2n) is 5.47. The summed E-state index contributed by atoms with van der Waals surface area (Å²) in [5, 5.41) is 12.0. The van der Waals surface area contributed by atoms with Crippen LogP contribution in [0, 0.1) is 0 Å². The molecule has 2 aromatic carbocycles. The molecule has 1 aliphatic rings. The molecule has 0 bridgehead atoms. The summed E-state index contributed by atoms with van der Waals surface area (Å²) in [6, 6.07) is 12.8. The molecule has 1 fully saturated rings. The minimum absolute atomic E-state index is 0.0977. The zero-order valence-corrected chi connectivity index (χ0v) is 16.1. The van der Waals surface area contributed by atoms with Crippen molar-refractivity contribution in [1.82, 2.24) is 5.32 Å². The minimum atomic E-state index is -0.276. The van der Waals surface area contributed by atoms with Crippen molar-refractivity contribution in [2.45, 2.75) is 11.7 Å². The predicted octanol–water partition coefficient (Wildman–Crippen LogP) is 4.17. The van der Waals surface area contributed by atoms with Crippen LogP contribution in [0.1, 0.15) is 11.1 Å². The van der Waals surface area contributed by atoms with Gasteiger partial charge in [-0.3, -0.25) is 4.79 Å². The normalized spacial score (nSPS) is 18.5. The van der Waals surface area contributed by atoms with Gasteiger partial charge in [-0.05, 0) is 53.9 Å². The van der Waals surface area contributed by atoms with Crippen molar-refractivity contribution in [3.05, 3.63) is 63.6 Å². The number of rotatable bonds is 5. The van der Waals surface area contributed by atoms with E-state index in [1.54, 1.807) is 25.5 Å². The number of benzene rings is 2. The molecule has 5 nitrogen and oxygen atoms in total. The largest absolute Gasteiger partial charge is 0.497 e. The number of nitrogens with zero attached hydrogens (tertiary/aromatic N) is 2. The molecule has 1 aliphatic heterocycles. The van der Waals surface area contributed by atoms with Gasteiger partial charge >= 0.3 is 0 Å². The molecule has 0 saturated carbocycles. The van der Waals surface area contributed by atoms with E-state index in [1.165, 1.54) is 11.8 Å². The molecule has 0 aromatic heterocycles. The highest BCUT2D eigenvalue weighted by molar-refractivity contribution is 8.15. The first-order chi connectivity index (χ1) is 12.5. The zero-order valence-electron chi connectivity index (χ0n) is 13.8. The second kappa shape index (κ2) is 8.58. The SMILES string of the molecule is COc1ccc(/C=N/N=C2/NC(=O)[C@@H](Cc3ccc(Cl)c(Cl)c3)S2)cc1. The van der Waals surface area contributed by atoms with Gasteiger partial charge in [0.15, 0.2) is 5.17 Å². The van der Waals surface area contributed by atoms with Crippen LogP contribution in [-0.2, 0) is 11.2 Å². The van der Waals surface area contributed by atoms with Crippen molar-refractivity contribution in [2.24, 2.45) is 10.2 Å². The maximum absolute atomic E-state index is 12.1. The second-order valence-corrected chi connectivity index (χ2v) is 7.48. The number of carbonyl (C=O) groups is 1. The summed E-state index contributed by atoms with van der Waals surface area (Å²) in [6.07, 6.45) is 2.15. The van der Waals surface area contributed by atoms with E-state index in [-0.39, 0.29) is 11.2 Å². The fourth-order valence-corrected chi connectivity index (χ4v) is 3.59. The monoisotopic (exact) mass is 407 g/mol. The van der Waals surface area contributed by atoms with Gasteiger partial charge in [0, 0.05) is 0 Å². The van der Waals surface area contributed by atoms with Crippen LogP contribution in [0.3, 0.4) is 0 Å². The van der Waals surface area contributed by atoms with Gasteiger partial charge in [0.2, 0.25) is 5.91 Å². The summed E-state index contributed by atoms with van der Waals surface area (Å²) in [4.78, 5) is 12.1. The number of ether oxygens (including phenoxy) is 1. The number of hydrogen-bond donors (Lipinski definition) is 1. The fourth-order valence-electron chi connectivity index (χ4n) is 2.31. The molecular formula is C18H15Cl2N3O2S. The lowest BCUT2D eigenvalue weighted by atomic mass is 10.1. The highest BCUT2D eigenvalue weighted by Gasteiger charge is 2.30. The van der Waals surface area contributed by atoms with Crippen LogP contribution in [0.5, 0.6) is 5.75 Å². The van der Waals surface area contributed by atoms with E-state index in [0.29, 0.717) is 21.6 Å². The van der Waals surface area contributed by atoms with Crippen LogP contribution in [0.15, 0.2) is 52.7 Å². The Kier molecular flexibility index (Phi) is 6.19. The molecule has 0 spiro atoms. The van der Waals surface area contributed by atoms with Crippen molar-refractivity contribution in [3.8, 4) is 5.75 Å². The topological polar surface area (TPSA) is 63.1 Å². The van der Waals surface area contributed by atoms with Gasteiger partial charge in [-0.15, -0.1) is 5.10 Å². The van der Waals surface area contributed by atoms with E-state index in [0.717, 1.165) is 16.9 Å². The third-order valence-electron chi connectivity index (χ3n) is 3.65. The van der Waals surface area contributed by atoms with E-state index in [1.807, 2.05) is 30.3 Å². The molecule has 1 amide bonds. The zero-order chi connectivity index (χ0) is 18.5. The van der Waals surface area contributed by atoms with Crippen molar-refractivity contribution >= 4 is 52.3 Å². The van der Waals surface area contributed by atoms with Gasteiger partial charge in [0.1, 0.15) is 5.75 Å². The van der Waals surface area contributed by atoms with Gasteiger partial charge in [-0.2, -0.15) is 5.10 Å². The van der Waals surface area contributed by atoms with E-state index >= 15 is 0 Å². The molecule has 1 saturated heterocycles. The standard InChI is InChI=1S/C18H15Cl2N3O2S/c1-25-13-5-2-11(3-6-13)10-21-23-18-22-17(24)16(26-18)9-12-4-7-14(19)15(20)8-12/h2-8,10,16H,9H2,1H3,(H,22,23,24)/b21-10+/t16-/m1/s1. The Balaban J connectivity index is 1.61. The lowest BCUT2D eigenvalue weighted by molar-refractivity contribution is -0.118.